The monoisotopic (exact) mass is 295 g/mol. The van der Waals surface area contributed by atoms with Gasteiger partial charge in [-0.15, -0.1) is 11.8 Å². The lowest BCUT2D eigenvalue weighted by Crippen LogP contribution is -2.12. The number of rotatable bonds is 2. The normalized spacial score (nSPS) is 11.9. The molecular weight excluding hydrogens is 270 g/mol. The molecule has 0 saturated heterocycles. The van der Waals surface area contributed by atoms with Crippen LogP contribution in [0.2, 0.25) is 0 Å². The molecule has 4 heteroatoms. The van der Waals surface area contributed by atoms with Crippen LogP contribution in [0.3, 0.4) is 0 Å². The number of ketones is 1. The van der Waals surface area contributed by atoms with Gasteiger partial charge in [0.25, 0.3) is 11.7 Å². The van der Waals surface area contributed by atoms with Gasteiger partial charge in [0.2, 0.25) is 0 Å². The van der Waals surface area contributed by atoms with Crippen molar-refractivity contribution in [1.82, 2.24) is 0 Å². The molecule has 1 amide bonds. The molecule has 0 fully saturated rings. The van der Waals surface area contributed by atoms with E-state index >= 15 is 0 Å². The highest BCUT2D eigenvalue weighted by molar-refractivity contribution is 7.99. The second kappa shape index (κ2) is 9.59. The summed E-state index contributed by atoms with van der Waals surface area (Å²) in [5.41, 5.74) is 1.12. The zero-order valence-corrected chi connectivity index (χ0v) is 14.1. The van der Waals surface area contributed by atoms with Gasteiger partial charge in [-0.25, -0.2) is 0 Å². The molecule has 0 radical (unpaired) electrons. The van der Waals surface area contributed by atoms with E-state index in [0.717, 1.165) is 16.6 Å². The fourth-order valence-electron chi connectivity index (χ4n) is 1.38. The van der Waals surface area contributed by atoms with E-state index < -0.39 is 11.7 Å². The zero-order chi connectivity index (χ0) is 15.7. The summed E-state index contributed by atoms with van der Waals surface area (Å²) in [6.45, 7) is 12.5. The molecule has 1 aliphatic heterocycles. The smallest absolute Gasteiger partial charge is 0.296 e. The molecule has 1 heterocycles. The highest BCUT2D eigenvalue weighted by atomic mass is 32.2. The van der Waals surface area contributed by atoms with Crippen molar-refractivity contribution in [2.75, 3.05) is 11.1 Å². The maximum atomic E-state index is 11.3. The Morgan fingerprint density at radius 1 is 1.15 bits per heavy atom. The number of carbonyl (C=O) groups is 2. The second-order valence-corrected chi connectivity index (χ2v) is 5.99. The van der Waals surface area contributed by atoms with Crippen LogP contribution in [0, 0.1) is 5.92 Å². The van der Waals surface area contributed by atoms with Crippen molar-refractivity contribution in [1.29, 1.82) is 0 Å². The van der Waals surface area contributed by atoms with Crippen LogP contribution >= 0.6 is 11.8 Å². The average molecular weight is 295 g/mol. The molecule has 2 rings (SSSR count). The Hall–Kier alpha value is -1.29. The van der Waals surface area contributed by atoms with Gasteiger partial charge in [-0.2, -0.15) is 0 Å². The predicted molar refractivity (Wildman–Crippen MR) is 87.7 cm³/mol. The number of hydrogen-bond donors (Lipinski definition) is 1. The first-order chi connectivity index (χ1) is 9.45. The summed E-state index contributed by atoms with van der Waals surface area (Å²) in [5, 5.41) is 2.52. The maximum Gasteiger partial charge on any atom is 0.296 e. The first-order valence-electron chi connectivity index (χ1n) is 7.08. The van der Waals surface area contributed by atoms with Crippen LogP contribution in [0.15, 0.2) is 23.1 Å². The van der Waals surface area contributed by atoms with E-state index in [1.54, 1.807) is 23.9 Å². The van der Waals surface area contributed by atoms with Crippen molar-refractivity contribution < 1.29 is 9.59 Å². The van der Waals surface area contributed by atoms with Crippen molar-refractivity contribution in [2.24, 2.45) is 5.92 Å². The average Bonchev–Trinajstić information content (AvgIpc) is 2.68. The number of thioether (sulfide) groups is 1. The SMILES string of the molecule is CC.CC(C)C.CCSc1ccc2c(c1)C(=O)C(=O)N2. The number of nitrogens with one attached hydrogen (secondary N) is 1. The number of anilines is 1. The second-order valence-electron chi connectivity index (χ2n) is 4.66. The van der Waals surface area contributed by atoms with Gasteiger partial charge >= 0.3 is 0 Å². The lowest BCUT2D eigenvalue weighted by molar-refractivity contribution is -0.112. The van der Waals surface area contributed by atoms with Crippen LogP contribution in [0.5, 0.6) is 0 Å². The third-order valence-electron chi connectivity index (χ3n) is 2.00. The Bertz CT molecular complexity index is 453. The van der Waals surface area contributed by atoms with Gasteiger partial charge < -0.3 is 5.32 Å². The number of carbonyl (C=O) groups excluding carboxylic acids is 2. The Morgan fingerprint density at radius 3 is 2.20 bits per heavy atom. The summed E-state index contributed by atoms with van der Waals surface area (Å²) in [6, 6.07) is 5.45. The zero-order valence-electron chi connectivity index (χ0n) is 13.2. The molecule has 20 heavy (non-hydrogen) atoms. The third-order valence-corrected chi connectivity index (χ3v) is 2.88. The van der Waals surface area contributed by atoms with Gasteiger partial charge in [0, 0.05) is 4.90 Å². The Labute approximate surface area is 126 Å². The van der Waals surface area contributed by atoms with E-state index in [1.165, 1.54) is 0 Å². The van der Waals surface area contributed by atoms with E-state index in [4.69, 9.17) is 0 Å². The predicted octanol–water partition coefficient (Wildman–Crippen LogP) is 4.62. The van der Waals surface area contributed by atoms with Crippen LogP contribution in [0.25, 0.3) is 0 Å². The Morgan fingerprint density at radius 2 is 1.70 bits per heavy atom. The molecule has 0 spiro atoms. The molecule has 0 saturated carbocycles. The number of hydrogen-bond acceptors (Lipinski definition) is 3. The highest BCUT2D eigenvalue weighted by Gasteiger charge is 2.27. The van der Waals surface area contributed by atoms with Crippen molar-refractivity contribution in [2.45, 2.75) is 46.4 Å². The summed E-state index contributed by atoms with van der Waals surface area (Å²) >= 11 is 1.65. The largest absolute Gasteiger partial charge is 0.318 e. The molecule has 1 aromatic carbocycles. The standard InChI is InChI=1S/C10H9NO2S.C4H10.C2H6/c1-2-14-6-3-4-8-7(5-6)9(12)10(13)11-8;1-4(2)3;1-2/h3-5H,2H2,1H3,(H,11,12,13);4H,1-3H3;1-2H3. The van der Waals surface area contributed by atoms with Crippen LogP contribution in [-0.2, 0) is 4.79 Å². The van der Waals surface area contributed by atoms with E-state index in [9.17, 15) is 9.59 Å². The minimum Gasteiger partial charge on any atom is -0.318 e. The lowest BCUT2D eigenvalue weighted by atomic mass is 10.1. The molecular formula is C16H25NO2S. The Balaban J connectivity index is 0.000000521. The topological polar surface area (TPSA) is 46.2 Å². The van der Waals surface area contributed by atoms with E-state index in [0.29, 0.717) is 11.3 Å². The molecule has 1 N–H and O–H groups in total. The van der Waals surface area contributed by atoms with Crippen molar-refractivity contribution in [3.05, 3.63) is 23.8 Å². The lowest BCUT2D eigenvalue weighted by Gasteiger charge is -2.00. The fourth-order valence-corrected chi connectivity index (χ4v) is 2.08. The molecule has 1 aromatic rings. The number of amides is 1. The van der Waals surface area contributed by atoms with E-state index in [2.05, 4.69) is 26.1 Å². The molecule has 0 atom stereocenters. The van der Waals surface area contributed by atoms with Gasteiger partial charge in [-0.05, 0) is 29.9 Å². The van der Waals surface area contributed by atoms with Gasteiger partial charge in [-0.3, -0.25) is 9.59 Å². The fraction of sp³-hybridized carbons (Fsp3) is 0.500. The van der Waals surface area contributed by atoms with Gasteiger partial charge in [0.15, 0.2) is 0 Å². The van der Waals surface area contributed by atoms with Gasteiger partial charge in [-0.1, -0.05) is 41.5 Å². The van der Waals surface area contributed by atoms with E-state index in [-0.39, 0.29) is 0 Å². The summed E-state index contributed by atoms with van der Waals surface area (Å²) in [4.78, 5) is 23.4. The van der Waals surface area contributed by atoms with E-state index in [1.807, 2.05) is 26.8 Å². The summed E-state index contributed by atoms with van der Waals surface area (Å²) in [5.74, 6) is 0.825. The quantitative estimate of drug-likeness (QED) is 0.639. The highest BCUT2D eigenvalue weighted by Crippen LogP contribution is 2.28. The van der Waals surface area contributed by atoms with Gasteiger partial charge in [0.05, 0.1) is 11.3 Å². The molecule has 0 aliphatic carbocycles. The minimum absolute atomic E-state index is 0.432. The first-order valence-corrected chi connectivity index (χ1v) is 8.06. The van der Waals surface area contributed by atoms with Crippen molar-refractivity contribution in [3.63, 3.8) is 0 Å². The molecule has 0 bridgehead atoms. The first kappa shape index (κ1) is 18.7. The molecule has 0 unspecified atom stereocenters. The van der Waals surface area contributed by atoms with Crippen LogP contribution in [-0.4, -0.2) is 17.4 Å². The summed E-state index contributed by atoms with van der Waals surface area (Å²) in [7, 11) is 0. The van der Waals surface area contributed by atoms with Crippen LogP contribution < -0.4 is 5.32 Å². The van der Waals surface area contributed by atoms with Gasteiger partial charge in [0.1, 0.15) is 0 Å². The third kappa shape index (κ3) is 5.78. The van der Waals surface area contributed by atoms with Crippen LogP contribution in [0.1, 0.15) is 51.9 Å². The maximum absolute atomic E-state index is 11.3. The number of Topliss-reactive ketones (excluding diaryl/α,β-unsaturated/α-hetero) is 1. The van der Waals surface area contributed by atoms with Crippen LogP contribution in [0.4, 0.5) is 5.69 Å². The molecule has 1 aliphatic rings. The summed E-state index contributed by atoms with van der Waals surface area (Å²) in [6.07, 6.45) is 0. The number of fused-ring (bicyclic) bond motifs is 1. The molecule has 0 aromatic heterocycles. The molecule has 112 valence electrons. The Kier molecular flexibility index (Phi) is 8.97. The van der Waals surface area contributed by atoms with Crippen molar-refractivity contribution in [3.8, 4) is 0 Å². The molecule has 3 nitrogen and oxygen atoms in total. The number of benzene rings is 1. The van der Waals surface area contributed by atoms with Crippen molar-refractivity contribution >= 4 is 29.1 Å². The summed E-state index contributed by atoms with van der Waals surface area (Å²) < 4.78 is 0. The minimum atomic E-state index is -0.529.